The molecule has 0 spiro atoms. The van der Waals surface area contributed by atoms with E-state index in [4.69, 9.17) is 4.74 Å². The van der Waals surface area contributed by atoms with Crippen molar-refractivity contribution in [2.45, 2.75) is 66.2 Å². The van der Waals surface area contributed by atoms with E-state index in [1.54, 1.807) is 11.0 Å². The van der Waals surface area contributed by atoms with Gasteiger partial charge in [-0.05, 0) is 44.4 Å². The molecule has 1 aliphatic heterocycles. The van der Waals surface area contributed by atoms with Gasteiger partial charge in [0.05, 0.1) is 12.2 Å². The molecule has 0 amide bonds. The highest BCUT2D eigenvalue weighted by Crippen LogP contribution is 2.37. The van der Waals surface area contributed by atoms with Crippen LogP contribution in [0.5, 0.6) is 0 Å². The molecular weight excluding hydrogens is 468 g/mol. The van der Waals surface area contributed by atoms with Gasteiger partial charge in [-0.25, -0.2) is 0 Å². The van der Waals surface area contributed by atoms with Gasteiger partial charge in [0.2, 0.25) is 0 Å². The molecule has 0 saturated heterocycles. The number of rotatable bonds is 11. The van der Waals surface area contributed by atoms with Gasteiger partial charge in [-0.1, -0.05) is 86.1 Å². The normalized spacial score (nSPS) is 20.9. The first-order valence-corrected chi connectivity index (χ1v) is 13.2. The lowest BCUT2D eigenvalue weighted by Gasteiger charge is -2.40. The number of alkyl halides is 1. The van der Waals surface area contributed by atoms with Crippen LogP contribution in [-0.4, -0.2) is 36.9 Å². The van der Waals surface area contributed by atoms with Gasteiger partial charge in [0.15, 0.2) is 0 Å². The summed E-state index contributed by atoms with van der Waals surface area (Å²) in [5.74, 6) is 3.08. The standard InChI is InChI=1S/C25H41BINO/c1-5-22(17-23(6-2)24(26)13-10-14-27)19(3)25-20(4)29-16-15-28(25)18-21-11-8-7-9-12-21/h7-8,11,13,19,22-23H,5-6,9-10,12,14-18,26H2,1-4H3/b24-13+. The summed E-state index contributed by atoms with van der Waals surface area (Å²) >= 11 is 2.48. The first-order valence-electron chi connectivity index (χ1n) is 11.7. The first-order chi connectivity index (χ1) is 14.0. The number of allylic oxidation sites excluding steroid dienone is 7. The van der Waals surface area contributed by atoms with Crippen molar-refractivity contribution in [2.75, 3.05) is 24.1 Å². The van der Waals surface area contributed by atoms with E-state index < -0.39 is 0 Å². The average Bonchev–Trinajstić information content (AvgIpc) is 2.73. The maximum absolute atomic E-state index is 6.05. The number of halogens is 1. The largest absolute Gasteiger partial charge is 0.495 e. The predicted octanol–water partition coefficient (Wildman–Crippen LogP) is 6.25. The van der Waals surface area contributed by atoms with Crippen molar-refractivity contribution >= 4 is 30.4 Å². The third-order valence-corrected chi connectivity index (χ3v) is 7.46. The van der Waals surface area contributed by atoms with Crippen LogP contribution in [0.1, 0.15) is 66.2 Å². The molecule has 2 rings (SSSR count). The SMILES string of the molecule is B/C(=C/CCI)C(CC)CC(CC)C(C)C1=C(C)OCCN1CC1=CC=CCC1. The topological polar surface area (TPSA) is 12.5 Å². The van der Waals surface area contributed by atoms with Gasteiger partial charge in [0, 0.05) is 16.9 Å². The summed E-state index contributed by atoms with van der Waals surface area (Å²) in [6.07, 6.45) is 16.6. The lowest BCUT2D eigenvalue weighted by Crippen LogP contribution is -2.38. The quantitative estimate of drug-likeness (QED) is 0.186. The summed E-state index contributed by atoms with van der Waals surface area (Å²) < 4.78 is 7.26. The zero-order valence-corrected chi connectivity index (χ0v) is 21.5. The number of hydrogen-bond donors (Lipinski definition) is 0. The molecule has 2 aliphatic rings. The van der Waals surface area contributed by atoms with Crippen LogP contribution in [0.3, 0.4) is 0 Å². The minimum absolute atomic E-state index is 0.534. The second-order valence-corrected chi connectivity index (χ2v) is 9.81. The maximum atomic E-state index is 6.05. The Morgan fingerprint density at radius 3 is 2.76 bits per heavy atom. The van der Waals surface area contributed by atoms with Crippen LogP contribution >= 0.6 is 22.6 Å². The lowest BCUT2D eigenvalue weighted by atomic mass is 9.73. The van der Waals surface area contributed by atoms with Gasteiger partial charge in [-0.15, -0.1) is 5.47 Å². The Bertz CT molecular complexity index is 637. The summed E-state index contributed by atoms with van der Waals surface area (Å²) in [5, 5.41) is 0. The lowest BCUT2D eigenvalue weighted by molar-refractivity contribution is 0.111. The van der Waals surface area contributed by atoms with Crippen molar-refractivity contribution in [1.29, 1.82) is 0 Å². The molecule has 3 unspecified atom stereocenters. The third-order valence-electron chi connectivity index (χ3n) is 6.84. The van der Waals surface area contributed by atoms with Gasteiger partial charge in [-0.2, -0.15) is 0 Å². The Morgan fingerprint density at radius 1 is 1.34 bits per heavy atom. The second kappa shape index (κ2) is 12.9. The zero-order valence-electron chi connectivity index (χ0n) is 19.3. The summed E-state index contributed by atoms with van der Waals surface area (Å²) in [7, 11) is 2.35. The summed E-state index contributed by atoms with van der Waals surface area (Å²) in [5.41, 5.74) is 4.61. The Kier molecular flexibility index (Phi) is 11.0. The molecule has 0 N–H and O–H groups in total. The van der Waals surface area contributed by atoms with Crippen molar-refractivity contribution in [3.63, 3.8) is 0 Å². The van der Waals surface area contributed by atoms with E-state index in [1.807, 2.05) is 0 Å². The first kappa shape index (κ1) is 24.6. The van der Waals surface area contributed by atoms with E-state index in [-0.39, 0.29) is 0 Å². The molecule has 4 heteroatoms. The smallest absolute Gasteiger partial charge is 0.133 e. The van der Waals surface area contributed by atoms with Gasteiger partial charge in [-0.3, -0.25) is 0 Å². The van der Waals surface area contributed by atoms with Crippen LogP contribution in [0.4, 0.5) is 0 Å². The van der Waals surface area contributed by atoms with E-state index >= 15 is 0 Å². The highest BCUT2D eigenvalue weighted by Gasteiger charge is 2.30. The van der Waals surface area contributed by atoms with E-state index in [9.17, 15) is 0 Å². The molecule has 3 atom stereocenters. The van der Waals surface area contributed by atoms with Crippen LogP contribution in [0.15, 0.2) is 46.8 Å². The molecule has 0 bridgehead atoms. The molecule has 1 heterocycles. The fraction of sp³-hybridized carbons (Fsp3) is 0.680. The molecule has 29 heavy (non-hydrogen) atoms. The van der Waals surface area contributed by atoms with Crippen LogP contribution in [0.2, 0.25) is 0 Å². The van der Waals surface area contributed by atoms with Crippen LogP contribution in [0, 0.1) is 17.8 Å². The molecule has 0 aromatic rings. The number of ether oxygens (including phenoxy) is 1. The van der Waals surface area contributed by atoms with Crippen LogP contribution < -0.4 is 0 Å². The van der Waals surface area contributed by atoms with E-state index in [0.29, 0.717) is 17.8 Å². The van der Waals surface area contributed by atoms with Crippen molar-refractivity contribution in [1.82, 2.24) is 4.90 Å². The molecule has 1 aliphatic carbocycles. The minimum Gasteiger partial charge on any atom is -0.495 e. The van der Waals surface area contributed by atoms with E-state index in [2.05, 4.69) is 87.3 Å². The molecule has 0 fully saturated rings. The van der Waals surface area contributed by atoms with Gasteiger partial charge in [0.1, 0.15) is 20.2 Å². The average molecular weight is 509 g/mol. The van der Waals surface area contributed by atoms with Crippen molar-refractivity contribution in [2.24, 2.45) is 17.8 Å². The van der Waals surface area contributed by atoms with Gasteiger partial charge < -0.3 is 9.64 Å². The number of nitrogens with zero attached hydrogens (tertiary/aromatic N) is 1. The Balaban J connectivity index is 2.16. The van der Waals surface area contributed by atoms with Crippen molar-refractivity contribution in [3.8, 4) is 0 Å². The van der Waals surface area contributed by atoms with Crippen molar-refractivity contribution < 1.29 is 4.74 Å². The Labute approximate surface area is 194 Å². The highest BCUT2D eigenvalue weighted by atomic mass is 127. The summed E-state index contributed by atoms with van der Waals surface area (Å²) in [6.45, 7) is 12.2. The Hall–Kier alpha value is -0.645. The summed E-state index contributed by atoms with van der Waals surface area (Å²) in [6, 6.07) is 0. The van der Waals surface area contributed by atoms with Crippen LogP contribution in [0.25, 0.3) is 0 Å². The van der Waals surface area contributed by atoms with Crippen LogP contribution in [-0.2, 0) is 4.74 Å². The molecule has 2 nitrogen and oxygen atoms in total. The molecule has 0 radical (unpaired) electrons. The molecule has 0 saturated carbocycles. The predicted molar refractivity (Wildman–Crippen MR) is 138 cm³/mol. The molecular formula is C25H41BINO. The second-order valence-electron chi connectivity index (χ2n) is 8.73. The minimum atomic E-state index is 0.534. The van der Waals surface area contributed by atoms with E-state index in [1.165, 1.54) is 48.6 Å². The summed E-state index contributed by atoms with van der Waals surface area (Å²) in [4.78, 5) is 2.62. The third kappa shape index (κ3) is 7.22. The number of hydrogen-bond acceptors (Lipinski definition) is 2. The molecule has 0 aromatic heterocycles. The monoisotopic (exact) mass is 509 g/mol. The fourth-order valence-electron chi connectivity index (χ4n) is 4.96. The molecule has 0 aromatic carbocycles. The molecule has 162 valence electrons. The Morgan fingerprint density at radius 2 is 2.14 bits per heavy atom. The zero-order chi connectivity index (χ0) is 21.2. The fourth-order valence-corrected chi connectivity index (χ4v) is 5.28. The van der Waals surface area contributed by atoms with E-state index in [0.717, 1.165) is 25.5 Å². The van der Waals surface area contributed by atoms with Crippen molar-refractivity contribution in [3.05, 3.63) is 46.8 Å². The maximum Gasteiger partial charge on any atom is 0.133 e. The highest BCUT2D eigenvalue weighted by molar-refractivity contribution is 14.1. The van der Waals surface area contributed by atoms with Gasteiger partial charge in [0.25, 0.3) is 0 Å². The van der Waals surface area contributed by atoms with Gasteiger partial charge >= 0.3 is 0 Å².